The summed E-state index contributed by atoms with van der Waals surface area (Å²) in [5.41, 5.74) is 10.0. The van der Waals surface area contributed by atoms with Crippen molar-refractivity contribution in [3.63, 3.8) is 0 Å². The first-order valence-electron chi connectivity index (χ1n) is 2.85. The van der Waals surface area contributed by atoms with Gasteiger partial charge in [0.15, 0.2) is 0 Å². The van der Waals surface area contributed by atoms with E-state index in [9.17, 15) is 5.11 Å². The van der Waals surface area contributed by atoms with E-state index in [2.05, 4.69) is 6.58 Å². The van der Waals surface area contributed by atoms with Gasteiger partial charge < -0.3 is 16.6 Å². The van der Waals surface area contributed by atoms with Crippen LogP contribution in [0, 0.1) is 0 Å². The minimum absolute atomic E-state index is 0.138. The highest BCUT2D eigenvalue weighted by Gasteiger charge is 2.23. The summed E-state index contributed by atoms with van der Waals surface area (Å²) in [6, 6.07) is 0. The first-order chi connectivity index (χ1) is 4.06. The van der Waals surface area contributed by atoms with Crippen molar-refractivity contribution in [1.29, 1.82) is 0 Å². The molecule has 0 saturated heterocycles. The van der Waals surface area contributed by atoms with Crippen molar-refractivity contribution < 1.29 is 5.11 Å². The molecule has 3 nitrogen and oxygen atoms in total. The van der Waals surface area contributed by atoms with E-state index in [1.807, 2.05) is 0 Å². The van der Waals surface area contributed by atoms with Gasteiger partial charge in [-0.1, -0.05) is 6.58 Å². The maximum atomic E-state index is 9.36. The Kier molecular flexibility index (Phi) is 2.84. The van der Waals surface area contributed by atoms with Crippen LogP contribution in [0.4, 0.5) is 0 Å². The average Bonchev–Trinajstić information content (AvgIpc) is 1.86. The Balaban J connectivity index is 4.09. The van der Waals surface area contributed by atoms with Crippen LogP contribution in [0.25, 0.3) is 0 Å². The predicted molar refractivity (Wildman–Crippen MR) is 37.9 cm³/mol. The Morgan fingerprint density at radius 1 is 1.56 bits per heavy atom. The quantitative estimate of drug-likeness (QED) is 0.438. The molecule has 0 aliphatic rings. The molecule has 0 amide bonds. The van der Waals surface area contributed by atoms with Gasteiger partial charge in [-0.3, -0.25) is 0 Å². The summed E-state index contributed by atoms with van der Waals surface area (Å²) in [5, 5.41) is 9.36. The molecule has 0 spiro atoms. The smallest absolute Gasteiger partial charge is 0.109 e. The van der Waals surface area contributed by atoms with Crippen LogP contribution >= 0.6 is 0 Å². The maximum absolute atomic E-state index is 9.36. The second-order valence-electron chi connectivity index (χ2n) is 2.22. The van der Waals surface area contributed by atoms with Gasteiger partial charge >= 0.3 is 0 Å². The summed E-state index contributed by atoms with van der Waals surface area (Å²) < 4.78 is 0. The van der Waals surface area contributed by atoms with E-state index in [0.29, 0.717) is 5.57 Å². The zero-order valence-corrected chi connectivity index (χ0v) is 5.72. The molecule has 0 unspecified atom stereocenters. The second-order valence-corrected chi connectivity index (χ2v) is 2.22. The van der Waals surface area contributed by atoms with Gasteiger partial charge in [0.05, 0.1) is 0 Å². The zero-order chi connectivity index (χ0) is 7.49. The lowest BCUT2D eigenvalue weighted by Crippen LogP contribution is -2.45. The normalized spacial score (nSPS) is 11.6. The minimum Gasteiger partial charge on any atom is -0.383 e. The highest BCUT2D eigenvalue weighted by molar-refractivity contribution is 5.10. The van der Waals surface area contributed by atoms with E-state index in [4.69, 9.17) is 11.5 Å². The second kappa shape index (κ2) is 2.96. The van der Waals surface area contributed by atoms with Gasteiger partial charge in [0.2, 0.25) is 0 Å². The van der Waals surface area contributed by atoms with Crippen molar-refractivity contribution >= 4 is 0 Å². The molecular formula is C6H14N2O. The summed E-state index contributed by atoms with van der Waals surface area (Å²) in [7, 11) is 0. The van der Waals surface area contributed by atoms with Crippen LogP contribution in [-0.4, -0.2) is 23.8 Å². The third kappa shape index (κ3) is 1.78. The fourth-order valence-corrected chi connectivity index (χ4v) is 0.432. The largest absolute Gasteiger partial charge is 0.383 e. The molecule has 3 heteroatoms. The van der Waals surface area contributed by atoms with E-state index in [-0.39, 0.29) is 13.1 Å². The highest BCUT2D eigenvalue weighted by atomic mass is 16.3. The number of hydrogen-bond donors (Lipinski definition) is 3. The molecule has 0 aromatic heterocycles. The van der Waals surface area contributed by atoms with E-state index in [1.165, 1.54) is 0 Å². The van der Waals surface area contributed by atoms with Crippen LogP contribution in [0.3, 0.4) is 0 Å². The molecule has 0 fully saturated rings. The van der Waals surface area contributed by atoms with Gasteiger partial charge in [-0.25, -0.2) is 0 Å². The van der Waals surface area contributed by atoms with E-state index >= 15 is 0 Å². The summed E-state index contributed by atoms with van der Waals surface area (Å²) >= 11 is 0. The summed E-state index contributed by atoms with van der Waals surface area (Å²) in [6.45, 7) is 5.54. The number of hydrogen-bond acceptors (Lipinski definition) is 3. The third-order valence-electron chi connectivity index (χ3n) is 1.47. The van der Waals surface area contributed by atoms with Gasteiger partial charge in [-0.05, 0) is 12.5 Å². The Labute approximate surface area is 55.3 Å². The molecule has 0 saturated carbocycles. The molecule has 9 heavy (non-hydrogen) atoms. The fourth-order valence-electron chi connectivity index (χ4n) is 0.432. The number of aliphatic hydroxyl groups is 1. The standard InChI is InChI=1S/C6H14N2O/c1-5(2)6(9,3-7)4-8/h9H,1,3-4,7-8H2,2H3. The van der Waals surface area contributed by atoms with Crippen LogP contribution in [-0.2, 0) is 0 Å². The van der Waals surface area contributed by atoms with Crippen molar-refractivity contribution in [2.75, 3.05) is 13.1 Å². The van der Waals surface area contributed by atoms with Crippen molar-refractivity contribution in [3.05, 3.63) is 12.2 Å². The molecule has 0 aromatic carbocycles. The molecule has 0 atom stereocenters. The third-order valence-corrected chi connectivity index (χ3v) is 1.47. The Hall–Kier alpha value is -0.380. The minimum atomic E-state index is -1.06. The summed E-state index contributed by atoms with van der Waals surface area (Å²) in [4.78, 5) is 0. The van der Waals surface area contributed by atoms with Crippen LogP contribution in [0.1, 0.15) is 6.92 Å². The van der Waals surface area contributed by atoms with E-state index in [1.54, 1.807) is 6.92 Å². The van der Waals surface area contributed by atoms with Gasteiger partial charge in [0.25, 0.3) is 0 Å². The number of rotatable bonds is 3. The lowest BCUT2D eigenvalue weighted by Gasteiger charge is -2.24. The van der Waals surface area contributed by atoms with Crippen LogP contribution in [0.15, 0.2) is 12.2 Å². The molecule has 0 aliphatic heterocycles. The lowest BCUT2D eigenvalue weighted by molar-refractivity contribution is 0.0968. The Morgan fingerprint density at radius 2 is 1.89 bits per heavy atom. The molecule has 0 bridgehead atoms. The zero-order valence-electron chi connectivity index (χ0n) is 5.72. The molecule has 0 heterocycles. The molecule has 0 rings (SSSR count). The summed E-state index contributed by atoms with van der Waals surface area (Å²) in [5.74, 6) is 0. The van der Waals surface area contributed by atoms with Crippen molar-refractivity contribution in [3.8, 4) is 0 Å². The number of nitrogens with two attached hydrogens (primary N) is 2. The van der Waals surface area contributed by atoms with Crippen molar-refractivity contribution in [2.45, 2.75) is 12.5 Å². The molecule has 5 N–H and O–H groups in total. The molecule has 54 valence electrons. The van der Waals surface area contributed by atoms with E-state index < -0.39 is 5.60 Å². The average molecular weight is 130 g/mol. The highest BCUT2D eigenvalue weighted by Crippen LogP contribution is 2.09. The SMILES string of the molecule is C=C(C)C(O)(CN)CN. The molecule has 0 radical (unpaired) electrons. The lowest BCUT2D eigenvalue weighted by atomic mass is 9.97. The molecular weight excluding hydrogens is 116 g/mol. The van der Waals surface area contributed by atoms with Crippen LogP contribution in [0.5, 0.6) is 0 Å². The predicted octanol–water partition coefficient (Wildman–Crippen LogP) is -0.789. The van der Waals surface area contributed by atoms with Gasteiger partial charge in [0, 0.05) is 13.1 Å². The van der Waals surface area contributed by atoms with E-state index in [0.717, 1.165) is 0 Å². The Morgan fingerprint density at radius 3 is 1.89 bits per heavy atom. The molecule has 0 aliphatic carbocycles. The van der Waals surface area contributed by atoms with Crippen LogP contribution in [0.2, 0.25) is 0 Å². The van der Waals surface area contributed by atoms with Gasteiger partial charge in [-0.2, -0.15) is 0 Å². The first-order valence-corrected chi connectivity index (χ1v) is 2.85. The molecule has 0 aromatic rings. The maximum Gasteiger partial charge on any atom is 0.109 e. The Bertz CT molecular complexity index is 108. The first kappa shape index (κ1) is 8.62. The van der Waals surface area contributed by atoms with Crippen molar-refractivity contribution in [2.24, 2.45) is 11.5 Å². The van der Waals surface area contributed by atoms with Crippen molar-refractivity contribution in [1.82, 2.24) is 0 Å². The topological polar surface area (TPSA) is 72.3 Å². The summed E-state index contributed by atoms with van der Waals surface area (Å²) in [6.07, 6.45) is 0. The van der Waals surface area contributed by atoms with Crippen LogP contribution < -0.4 is 11.5 Å². The van der Waals surface area contributed by atoms with Gasteiger partial charge in [0.1, 0.15) is 5.60 Å². The fraction of sp³-hybridized carbons (Fsp3) is 0.667. The van der Waals surface area contributed by atoms with Gasteiger partial charge in [-0.15, -0.1) is 0 Å². The monoisotopic (exact) mass is 130 g/mol.